The Bertz CT molecular complexity index is 893. The number of nitrogens with zero attached hydrogens (tertiary/aromatic N) is 7. The van der Waals surface area contributed by atoms with E-state index in [1.54, 1.807) is 4.68 Å². The Morgan fingerprint density at radius 1 is 0.862 bits per heavy atom. The lowest BCUT2D eigenvalue weighted by molar-refractivity contribution is 0.0745. The quantitative estimate of drug-likeness (QED) is 0.790. The fourth-order valence-electron chi connectivity index (χ4n) is 4.36. The lowest BCUT2D eigenvalue weighted by Crippen LogP contribution is -2.49. The third kappa shape index (κ3) is 3.93. The van der Waals surface area contributed by atoms with E-state index in [2.05, 4.69) is 30.9 Å². The number of carbonyl (C=O) groups is 1. The molecule has 2 fully saturated rings. The number of aryl methyl sites for hydroxylation is 3. The van der Waals surface area contributed by atoms with Gasteiger partial charge in [-0.2, -0.15) is 5.10 Å². The van der Waals surface area contributed by atoms with Crippen LogP contribution < -0.4 is 9.80 Å². The molecule has 4 rings (SSSR count). The zero-order valence-electron chi connectivity index (χ0n) is 18.0. The van der Waals surface area contributed by atoms with Crippen LogP contribution >= 0.6 is 0 Å². The molecule has 0 atom stereocenters. The number of piperidine rings is 1. The molecule has 0 aliphatic carbocycles. The van der Waals surface area contributed by atoms with E-state index >= 15 is 0 Å². The Hall–Kier alpha value is -2.64. The molecule has 29 heavy (non-hydrogen) atoms. The van der Waals surface area contributed by atoms with Crippen molar-refractivity contribution in [2.45, 2.75) is 40.0 Å². The summed E-state index contributed by atoms with van der Waals surface area (Å²) in [5.41, 5.74) is 2.47. The van der Waals surface area contributed by atoms with Crippen molar-refractivity contribution in [3.05, 3.63) is 28.8 Å². The summed E-state index contributed by atoms with van der Waals surface area (Å²) < 4.78 is 1.78. The fraction of sp³-hybridized carbons (Fsp3) is 0.619. The van der Waals surface area contributed by atoms with Crippen molar-refractivity contribution in [1.29, 1.82) is 0 Å². The van der Waals surface area contributed by atoms with Crippen molar-refractivity contribution >= 4 is 17.5 Å². The predicted molar refractivity (Wildman–Crippen MR) is 114 cm³/mol. The lowest BCUT2D eigenvalue weighted by atomic mass is 10.1. The monoisotopic (exact) mass is 397 g/mol. The van der Waals surface area contributed by atoms with Gasteiger partial charge in [-0.3, -0.25) is 9.48 Å². The molecule has 1 amide bonds. The highest BCUT2D eigenvalue weighted by Gasteiger charge is 2.27. The van der Waals surface area contributed by atoms with Gasteiger partial charge in [0.2, 0.25) is 0 Å². The first-order valence-electron chi connectivity index (χ1n) is 10.6. The average Bonchev–Trinajstić information content (AvgIpc) is 2.99. The molecule has 2 aliphatic rings. The van der Waals surface area contributed by atoms with Crippen LogP contribution in [0.1, 0.15) is 46.8 Å². The van der Waals surface area contributed by atoms with E-state index in [1.807, 2.05) is 32.7 Å². The number of aromatic nitrogens is 4. The SMILES string of the molecule is Cc1nc(N2CCCCC2)cc(N2CCN(C(=O)c3c(C)nn(C)c3C)CC2)n1. The largest absolute Gasteiger partial charge is 0.356 e. The minimum Gasteiger partial charge on any atom is -0.356 e. The van der Waals surface area contributed by atoms with Crippen molar-refractivity contribution in [2.24, 2.45) is 7.05 Å². The summed E-state index contributed by atoms with van der Waals surface area (Å²) in [6.45, 7) is 10.9. The van der Waals surface area contributed by atoms with Crippen LogP contribution in [0.2, 0.25) is 0 Å². The minimum absolute atomic E-state index is 0.0839. The van der Waals surface area contributed by atoms with E-state index in [0.29, 0.717) is 13.1 Å². The second-order valence-corrected chi connectivity index (χ2v) is 8.13. The molecular weight excluding hydrogens is 366 g/mol. The van der Waals surface area contributed by atoms with Gasteiger partial charge in [-0.15, -0.1) is 0 Å². The average molecular weight is 398 g/mol. The van der Waals surface area contributed by atoms with Crippen molar-refractivity contribution in [1.82, 2.24) is 24.6 Å². The summed E-state index contributed by atoms with van der Waals surface area (Å²) in [4.78, 5) is 29.0. The van der Waals surface area contributed by atoms with Gasteiger partial charge in [0.15, 0.2) is 0 Å². The van der Waals surface area contributed by atoms with Crippen LogP contribution in [0.15, 0.2) is 6.07 Å². The Kier molecular flexibility index (Phi) is 5.43. The van der Waals surface area contributed by atoms with Gasteiger partial charge in [0.25, 0.3) is 5.91 Å². The van der Waals surface area contributed by atoms with E-state index < -0.39 is 0 Å². The van der Waals surface area contributed by atoms with E-state index in [1.165, 1.54) is 19.3 Å². The smallest absolute Gasteiger partial charge is 0.257 e. The zero-order chi connectivity index (χ0) is 20.5. The Morgan fingerprint density at radius 2 is 1.45 bits per heavy atom. The van der Waals surface area contributed by atoms with Gasteiger partial charge in [0.05, 0.1) is 11.3 Å². The summed E-state index contributed by atoms with van der Waals surface area (Å²) in [7, 11) is 1.88. The van der Waals surface area contributed by atoms with Crippen molar-refractivity contribution in [2.75, 3.05) is 49.1 Å². The van der Waals surface area contributed by atoms with Gasteiger partial charge >= 0.3 is 0 Å². The summed E-state index contributed by atoms with van der Waals surface area (Å²) in [5.74, 6) is 2.90. The molecule has 156 valence electrons. The van der Waals surface area contributed by atoms with E-state index in [9.17, 15) is 4.79 Å². The molecule has 2 aromatic rings. The van der Waals surface area contributed by atoms with Crippen LogP contribution in [0.25, 0.3) is 0 Å². The number of anilines is 2. The molecular formula is C21H31N7O. The number of carbonyl (C=O) groups excluding carboxylic acids is 1. The molecule has 2 saturated heterocycles. The minimum atomic E-state index is 0.0839. The first-order chi connectivity index (χ1) is 13.9. The highest BCUT2D eigenvalue weighted by Crippen LogP contribution is 2.24. The third-order valence-corrected chi connectivity index (χ3v) is 6.10. The number of hydrogen-bond donors (Lipinski definition) is 0. The van der Waals surface area contributed by atoms with Crippen LogP contribution in [0.4, 0.5) is 11.6 Å². The predicted octanol–water partition coefficient (Wildman–Crippen LogP) is 2.09. The molecule has 0 radical (unpaired) electrons. The highest BCUT2D eigenvalue weighted by molar-refractivity contribution is 5.96. The fourth-order valence-corrected chi connectivity index (χ4v) is 4.36. The maximum absolute atomic E-state index is 13.0. The topological polar surface area (TPSA) is 70.4 Å². The van der Waals surface area contributed by atoms with Crippen LogP contribution in [-0.4, -0.2) is 69.8 Å². The third-order valence-electron chi connectivity index (χ3n) is 6.10. The maximum atomic E-state index is 13.0. The van der Waals surface area contributed by atoms with Crippen molar-refractivity contribution < 1.29 is 4.79 Å². The molecule has 4 heterocycles. The van der Waals surface area contributed by atoms with Crippen LogP contribution in [0.3, 0.4) is 0 Å². The van der Waals surface area contributed by atoms with Crippen LogP contribution in [0.5, 0.6) is 0 Å². The van der Waals surface area contributed by atoms with Gasteiger partial charge in [0.1, 0.15) is 17.5 Å². The zero-order valence-corrected chi connectivity index (χ0v) is 18.0. The van der Waals surface area contributed by atoms with E-state index in [-0.39, 0.29) is 5.91 Å². The normalized spacial score (nSPS) is 17.7. The molecule has 0 N–H and O–H groups in total. The van der Waals surface area contributed by atoms with Gasteiger partial charge in [-0.1, -0.05) is 0 Å². The molecule has 2 aliphatic heterocycles. The van der Waals surface area contributed by atoms with Crippen LogP contribution in [0, 0.1) is 20.8 Å². The second kappa shape index (κ2) is 8.00. The maximum Gasteiger partial charge on any atom is 0.257 e. The van der Waals surface area contributed by atoms with E-state index in [4.69, 9.17) is 0 Å². The molecule has 0 bridgehead atoms. The van der Waals surface area contributed by atoms with Crippen LogP contribution in [-0.2, 0) is 7.05 Å². The Morgan fingerprint density at radius 3 is 2.00 bits per heavy atom. The first kappa shape index (κ1) is 19.7. The molecule has 8 heteroatoms. The highest BCUT2D eigenvalue weighted by atomic mass is 16.2. The molecule has 0 saturated carbocycles. The molecule has 8 nitrogen and oxygen atoms in total. The van der Waals surface area contributed by atoms with Gasteiger partial charge in [0, 0.05) is 58.1 Å². The molecule has 0 aromatic carbocycles. The number of rotatable bonds is 3. The van der Waals surface area contributed by atoms with Crippen molar-refractivity contribution in [3.63, 3.8) is 0 Å². The lowest BCUT2D eigenvalue weighted by Gasteiger charge is -2.36. The first-order valence-corrected chi connectivity index (χ1v) is 10.6. The standard InChI is InChI=1S/C21H31N7O/c1-15-20(16(2)25(4)24-15)21(29)28-12-10-27(11-13-28)19-14-18(22-17(3)23-19)26-8-6-5-7-9-26/h14H,5-13H2,1-4H3. The summed E-state index contributed by atoms with van der Waals surface area (Å²) in [6.07, 6.45) is 3.76. The molecule has 2 aromatic heterocycles. The number of amides is 1. The second-order valence-electron chi connectivity index (χ2n) is 8.13. The van der Waals surface area contributed by atoms with Crippen molar-refractivity contribution in [3.8, 4) is 0 Å². The Labute approximate surface area is 172 Å². The summed E-state index contributed by atoms with van der Waals surface area (Å²) in [5, 5.41) is 4.39. The van der Waals surface area contributed by atoms with Gasteiger partial charge in [-0.25, -0.2) is 9.97 Å². The Balaban J connectivity index is 1.45. The summed E-state index contributed by atoms with van der Waals surface area (Å²) >= 11 is 0. The molecule has 0 spiro atoms. The van der Waals surface area contributed by atoms with Gasteiger partial charge < -0.3 is 14.7 Å². The molecule has 0 unspecified atom stereocenters. The number of hydrogen-bond acceptors (Lipinski definition) is 6. The van der Waals surface area contributed by atoms with E-state index in [0.717, 1.165) is 60.6 Å². The van der Waals surface area contributed by atoms with Gasteiger partial charge in [-0.05, 0) is 40.0 Å². The summed E-state index contributed by atoms with van der Waals surface area (Å²) in [6, 6.07) is 2.12. The number of piperazine rings is 1.